The number of halogens is 1. The second-order valence-electron chi connectivity index (χ2n) is 4.25. The first kappa shape index (κ1) is 10.3. The second kappa shape index (κ2) is 3.57. The molecule has 0 N–H and O–H groups in total. The molecule has 0 spiro atoms. The Kier molecular flexibility index (Phi) is 2.30. The second-order valence-corrected chi connectivity index (χ2v) is 5.69. The molecule has 0 amide bonds. The minimum Gasteiger partial charge on any atom is -0.347 e. The van der Waals surface area contributed by atoms with Gasteiger partial charge < -0.3 is 4.90 Å². The molecule has 0 atom stereocenters. The van der Waals surface area contributed by atoms with Gasteiger partial charge >= 0.3 is 0 Å². The summed E-state index contributed by atoms with van der Waals surface area (Å²) < 4.78 is 0. The van der Waals surface area contributed by atoms with E-state index in [0.29, 0.717) is 11.1 Å². The van der Waals surface area contributed by atoms with Gasteiger partial charge in [0.15, 0.2) is 0 Å². The van der Waals surface area contributed by atoms with Crippen molar-refractivity contribution in [3.8, 4) is 0 Å². The lowest BCUT2D eigenvalue weighted by Gasteiger charge is -2.10. The topological polar surface area (TPSA) is 29.0 Å². The van der Waals surface area contributed by atoms with Crippen LogP contribution in [0.25, 0.3) is 10.2 Å². The summed E-state index contributed by atoms with van der Waals surface area (Å²) in [6, 6.07) is 0. The highest BCUT2D eigenvalue weighted by Gasteiger charge is 2.21. The highest BCUT2D eigenvalue weighted by Crippen LogP contribution is 2.39. The van der Waals surface area contributed by atoms with E-state index in [1.54, 1.807) is 11.3 Å². The molecule has 1 aliphatic rings. The van der Waals surface area contributed by atoms with Crippen LogP contribution in [0.1, 0.15) is 16.9 Å². The number of hydrogen-bond acceptors (Lipinski definition) is 4. The van der Waals surface area contributed by atoms with Crippen molar-refractivity contribution in [3.05, 3.63) is 15.6 Å². The van der Waals surface area contributed by atoms with E-state index in [1.165, 1.54) is 23.3 Å². The van der Waals surface area contributed by atoms with Crippen LogP contribution in [0, 0.1) is 0 Å². The summed E-state index contributed by atoms with van der Waals surface area (Å²) in [5.74, 6) is 0.692. The fourth-order valence-corrected chi connectivity index (χ4v) is 3.73. The van der Waals surface area contributed by atoms with Gasteiger partial charge in [-0.1, -0.05) is 11.6 Å². The number of rotatable bonds is 1. The van der Waals surface area contributed by atoms with E-state index in [9.17, 15) is 0 Å². The third-order valence-electron chi connectivity index (χ3n) is 2.91. The first-order valence-electron chi connectivity index (χ1n) is 5.32. The SMILES string of the molecule is CN(C)c1nc(Cl)c2c3c(sc2n1)CCC3. The van der Waals surface area contributed by atoms with E-state index in [0.717, 1.165) is 16.6 Å². The van der Waals surface area contributed by atoms with E-state index in [1.807, 2.05) is 19.0 Å². The van der Waals surface area contributed by atoms with Gasteiger partial charge in [0.2, 0.25) is 5.95 Å². The summed E-state index contributed by atoms with van der Waals surface area (Å²) in [5, 5.41) is 1.69. The molecular formula is C11H12ClN3S. The molecule has 0 aliphatic heterocycles. The van der Waals surface area contributed by atoms with E-state index >= 15 is 0 Å². The lowest BCUT2D eigenvalue weighted by atomic mass is 10.2. The molecule has 1 aliphatic carbocycles. The molecule has 2 aromatic rings. The quantitative estimate of drug-likeness (QED) is 0.732. The molecule has 3 rings (SSSR count). The minimum absolute atomic E-state index is 0.605. The fourth-order valence-electron chi connectivity index (χ4n) is 2.14. The Hall–Kier alpha value is -0.870. The van der Waals surface area contributed by atoms with Crippen LogP contribution in [0.5, 0.6) is 0 Å². The van der Waals surface area contributed by atoms with Crippen LogP contribution >= 0.6 is 22.9 Å². The molecule has 3 nitrogen and oxygen atoms in total. The van der Waals surface area contributed by atoms with Gasteiger partial charge in [0, 0.05) is 19.0 Å². The van der Waals surface area contributed by atoms with Crippen LogP contribution in [-0.4, -0.2) is 24.1 Å². The molecule has 0 radical (unpaired) electrons. The Balaban J connectivity index is 2.30. The Bertz CT molecular complexity index is 562. The van der Waals surface area contributed by atoms with Gasteiger partial charge in [-0.05, 0) is 24.8 Å². The lowest BCUT2D eigenvalue weighted by molar-refractivity contribution is 0.916. The van der Waals surface area contributed by atoms with Crippen molar-refractivity contribution in [2.45, 2.75) is 19.3 Å². The molecule has 2 heterocycles. The van der Waals surface area contributed by atoms with Gasteiger partial charge in [-0.2, -0.15) is 0 Å². The zero-order valence-corrected chi connectivity index (χ0v) is 10.8. The number of thiophene rings is 1. The minimum atomic E-state index is 0.605. The van der Waals surface area contributed by atoms with Crippen LogP contribution in [-0.2, 0) is 12.8 Å². The van der Waals surface area contributed by atoms with Crippen molar-refractivity contribution in [1.29, 1.82) is 0 Å². The van der Waals surface area contributed by atoms with Gasteiger partial charge in [0.05, 0.1) is 5.39 Å². The summed E-state index contributed by atoms with van der Waals surface area (Å²) >= 11 is 8.03. The molecule has 16 heavy (non-hydrogen) atoms. The molecular weight excluding hydrogens is 242 g/mol. The van der Waals surface area contributed by atoms with Crippen molar-refractivity contribution in [2.75, 3.05) is 19.0 Å². The number of aromatic nitrogens is 2. The van der Waals surface area contributed by atoms with Gasteiger partial charge in [0.1, 0.15) is 9.98 Å². The lowest BCUT2D eigenvalue weighted by Crippen LogP contribution is -2.12. The molecule has 0 bridgehead atoms. The van der Waals surface area contributed by atoms with Crippen molar-refractivity contribution >= 4 is 39.1 Å². The maximum Gasteiger partial charge on any atom is 0.227 e. The highest BCUT2D eigenvalue weighted by molar-refractivity contribution is 7.19. The third kappa shape index (κ3) is 1.40. The molecule has 0 fully saturated rings. The first-order chi connectivity index (χ1) is 7.66. The third-order valence-corrected chi connectivity index (χ3v) is 4.37. The number of nitrogens with zero attached hydrogens (tertiary/aromatic N) is 3. The van der Waals surface area contributed by atoms with E-state index < -0.39 is 0 Å². The van der Waals surface area contributed by atoms with Crippen LogP contribution < -0.4 is 4.90 Å². The number of anilines is 1. The smallest absolute Gasteiger partial charge is 0.227 e. The standard InChI is InChI=1S/C11H12ClN3S/c1-15(2)11-13-9(12)8-6-4-3-5-7(6)16-10(8)14-11/h3-5H2,1-2H3. The fraction of sp³-hybridized carbons (Fsp3) is 0.455. The average molecular weight is 254 g/mol. The number of hydrogen-bond donors (Lipinski definition) is 0. The monoisotopic (exact) mass is 253 g/mol. The summed E-state index contributed by atoms with van der Waals surface area (Å²) in [4.78, 5) is 13.3. The Morgan fingerprint density at radius 1 is 1.25 bits per heavy atom. The van der Waals surface area contributed by atoms with Crippen LogP contribution in [0.3, 0.4) is 0 Å². The maximum absolute atomic E-state index is 6.26. The van der Waals surface area contributed by atoms with Crippen LogP contribution in [0.15, 0.2) is 0 Å². The van der Waals surface area contributed by atoms with Crippen molar-refractivity contribution in [1.82, 2.24) is 9.97 Å². The van der Waals surface area contributed by atoms with Gasteiger partial charge in [0.25, 0.3) is 0 Å². The maximum atomic E-state index is 6.26. The highest BCUT2D eigenvalue weighted by atomic mass is 35.5. The van der Waals surface area contributed by atoms with Crippen LogP contribution in [0.4, 0.5) is 5.95 Å². The average Bonchev–Trinajstić information content (AvgIpc) is 2.75. The number of fused-ring (bicyclic) bond motifs is 3. The molecule has 0 saturated heterocycles. The largest absolute Gasteiger partial charge is 0.347 e. The predicted molar refractivity (Wildman–Crippen MR) is 68.8 cm³/mol. The first-order valence-corrected chi connectivity index (χ1v) is 6.51. The van der Waals surface area contributed by atoms with Crippen molar-refractivity contribution < 1.29 is 0 Å². The molecule has 5 heteroatoms. The summed E-state index contributed by atoms with van der Waals surface area (Å²) in [5.41, 5.74) is 1.38. The molecule has 2 aromatic heterocycles. The molecule has 0 unspecified atom stereocenters. The Morgan fingerprint density at radius 2 is 2.06 bits per heavy atom. The Morgan fingerprint density at radius 3 is 2.81 bits per heavy atom. The van der Waals surface area contributed by atoms with Gasteiger partial charge in [-0.15, -0.1) is 11.3 Å². The van der Waals surface area contributed by atoms with E-state index in [-0.39, 0.29) is 0 Å². The van der Waals surface area contributed by atoms with E-state index in [4.69, 9.17) is 11.6 Å². The summed E-state index contributed by atoms with van der Waals surface area (Å²) in [6.07, 6.45) is 3.53. The Labute approximate surface area is 103 Å². The summed E-state index contributed by atoms with van der Waals surface area (Å²) in [6.45, 7) is 0. The van der Waals surface area contributed by atoms with Gasteiger partial charge in [-0.3, -0.25) is 0 Å². The summed E-state index contributed by atoms with van der Waals surface area (Å²) in [7, 11) is 3.86. The van der Waals surface area contributed by atoms with Crippen molar-refractivity contribution in [2.24, 2.45) is 0 Å². The molecule has 84 valence electrons. The zero-order valence-electron chi connectivity index (χ0n) is 9.25. The molecule has 0 aromatic carbocycles. The number of aryl methyl sites for hydroxylation is 2. The predicted octanol–water partition coefficient (Wildman–Crippen LogP) is 2.90. The zero-order chi connectivity index (χ0) is 11.3. The normalized spacial score (nSPS) is 14.4. The van der Waals surface area contributed by atoms with E-state index in [2.05, 4.69) is 9.97 Å². The van der Waals surface area contributed by atoms with Gasteiger partial charge in [-0.25, -0.2) is 9.97 Å². The van der Waals surface area contributed by atoms with Crippen LogP contribution in [0.2, 0.25) is 5.15 Å². The molecule has 0 saturated carbocycles. The van der Waals surface area contributed by atoms with Crippen molar-refractivity contribution in [3.63, 3.8) is 0 Å².